The van der Waals surface area contributed by atoms with Crippen LogP contribution in [0.2, 0.25) is 5.02 Å². The first-order valence-electron chi connectivity index (χ1n) is 5.15. The minimum absolute atomic E-state index is 0.192. The molecule has 1 aromatic carbocycles. The van der Waals surface area contributed by atoms with Crippen molar-refractivity contribution in [1.29, 1.82) is 0 Å². The number of aromatic nitrogens is 2. The van der Waals surface area contributed by atoms with Crippen LogP contribution in [0.1, 0.15) is 16.1 Å². The first-order chi connectivity index (χ1) is 8.66. The Morgan fingerprint density at radius 3 is 2.89 bits per heavy atom. The van der Waals surface area contributed by atoms with Gasteiger partial charge in [0.15, 0.2) is 0 Å². The molecule has 0 aliphatic heterocycles. The molecule has 0 saturated heterocycles. The molecule has 2 rings (SSSR count). The maximum absolute atomic E-state index is 11.9. The van der Waals surface area contributed by atoms with Crippen molar-refractivity contribution in [1.82, 2.24) is 15.3 Å². The number of hydrogen-bond acceptors (Lipinski definition) is 3. The zero-order valence-corrected chi connectivity index (χ0v) is 11.6. The van der Waals surface area contributed by atoms with Gasteiger partial charge < -0.3 is 5.32 Å². The van der Waals surface area contributed by atoms with Crippen molar-refractivity contribution in [3.05, 3.63) is 57.5 Å². The highest BCUT2D eigenvalue weighted by Gasteiger charge is 2.07. The van der Waals surface area contributed by atoms with Gasteiger partial charge in [-0.1, -0.05) is 11.6 Å². The van der Waals surface area contributed by atoms with Crippen molar-refractivity contribution in [3.8, 4) is 0 Å². The van der Waals surface area contributed by atoms with Crippen LogP contribution in [0.4, 0.5) is 0 Å². The van der Waals surface area contributed by atoms with E-state index < -0.39 is 0 Å². The van der Waals surface area contributed by atoms with E-state index >= 15 is 0 Å². The summed E-state index contributed by atoms with van der Waals surface area (Å²) in [5.74, 6) is -0.192. The standard InChI is InChI=1S/C12H9BrClN3O/c13-10-2-1-8(5-11(10)14)12(18)16-6-9-3-4-15-7-17-9/h1-5,7H,6H2,(H,16,18). The van der Waals surface area contributed by atoms with Crippen LogP contribution < -0.4 is 5.32 Å². The molecular weight excluding hydrogens is 318 g/mol. The van der Waals surface area contributed by atoms with Crippen LogP contribution >= 0.6 is 27.5 Å². The molecular formula is C12H9BrClN3O. The Balaban J connectivity index is 2.02. The minimum Gasteiger partial charge on any atom is -0.346 e. The highest BCUT2D eigenvalue weighted by atomic mass is 79.9. The van der Waals surface area contributed by atoms with Crippen LogP contribution in [-0.2, 0) is 6.54 Å². The number of amides is 1. The summed E-state index contributed by atoms with van der Waals surface area (Å²) < 4.78 is 0.761. The average molecular weight is 327 g/mol. The molecule has 6 heteroatoms. The van der Waals surface area contributed by atoms with Gasteiger partial charge in [-0.15, -0.1) is 0 Å². The lowest BCUT2D eigenvalue weighted by Crippen LogP contribution is -2.23. The third kappa shape index (κ3) is 3.27. The fourth-order valence-corrected chi connectivity index (χ4v) is 1.76. The predicted octanol–water partition coefficient (Wildman–Crippen LogP) is 2.82. The molecule has 1 heterocycles. The Kier molecular flexibility index (Phi) is 4.28. The molecule has 0 atom stereocenters. The van der Waals surface area contributed by atoms with Crippen LogP contribution in [0.25, 0.3) is 0 Å². The fraction of sp³-hybridized carbons (Fsp3) is 0.0833. The minimum atomic E-state index is -0.192. The highest BCUT2D eigenvalue weighted by molar-refractivity contribution is 9.10. The number of nitrogens with zero attached hydrogens (tertiary/aromatic N) is 2. The molecule has 18 heavy (non-hydrogen) atoms. The average Bonchev–Trinajstić information content (AvgIpc) is 2.40. The number of nitrogens with one attached hydrogen (secondary N) is 1. The van der Waals surface area contributed by atoms with Gasteiger partial charge in [0.05, 0.1) is 17.3 Å². The lowest BCUT2D eigenvalue weighted by Gasteiger charge is -2.05. The summed E-state index contributed by atoms with van der Waals surface area (Å²) in [4.78, 5) is 19.7. The largest absolute Gasteiger partial charge is 0.346 e. The summed E-state index contributed by atoms with van der Waals surface area (Å²) in [6.07, 6.45) is 3.07. The van der Waals surface area contributed by atoms with Crippen LogP contribution in [0.15, 0.2) is 41.3 Å². The van der Waals surface area contributed by atoms with Gasteiger partial charge in [-0.25, -0.2) is 9.97 Å². The lowest BCUT2D eigenvalue weighted by atomic mass is 10.2. The molecule has 0 fully saturated rings. The summed E-state index contributed by atoms with van der Waals surface area (Å²) in [6.45, 7) is 0.356. The van der Waals surface area contributed by atoms with Crippen molar-refractivity contribution < 1.29 is 4.79 Å². The predicted molar refractivity (Wildman–Crippen MR) is 72.4 cm³/mol. The van der Waals surface area contributed by atoms with Gasteiger partial charge in [0.25, 0.3) is 5.91 Å². The van der Waals surface area contributed by atoms with Crippen molar-refractivity contribution in [3.63, 3.8) is 0 Å². The second-order valence-corrected chi connectivity index (χ2v) is 4.77. The van der Waals surface area contributed by atoms with E-state index in [0.717, 1.165) is 10.2 Å². The second kappa shape index (κ2) is 5.93. The molecule has 0 saturated carbocycles. The molecule has 2 aromatic rings. The lowest BCUT2D eigenvalue weighted by molar-refractivity contribution is 0.0950. The normalized spacial score (nSPS) is 10.1. The van der Waals surface area contributed by atoms with Gasteiger partial charge in [0.2, 0.25) is 0 Å². The molecule has 1 aromatic heterocycles. The molecule has 0 aliphatic rings. The topological polar surface area (TPSA) is 54.9 Å². The second-order valence-electron chi connectivity index (χ2n) is 3.51. The summed E-state index contributed by atoms with van der Waals surface area (Å²) >= 11 is 9.20. The van der Waals surface area contributed by atoms with E-state index in [1.165, 1.54) is 6.33 Å². The zero-order chi connectivity index (χ0) is 13.0. The maximum atomic E-state index is 11.9. The van der Waals surface area contributed by atoms with Gasteiger partial charge in [0, 0.05) is 16.2 Å². The van der Waals surface area contributed by atoms with E-state index in [4.69, 9.17) is 11.6 Å². The molecule has 0 spiro atoms. The van der Waals surface area contributed by atoms with Gasteiger partial charge in [0.1, 0.15) is 6.33 Å². The van der Waals surface area contributed by atoms with Crippen LogP contribution in [0.5, 0.6) is 0 Å². The Morgan fingerprint density at radius 2 is 2.22 bits per heavy atom. The molecule has 1 N–H and O–H groups in total. The molecule has 1 amide bonds. The highest BCUT2D eigenvalue weighted by Crippen LogP contribution is 2.23. The van der Waals surface area contributed by atoms with Gasteiger partial charge >= 0.3 is 0 Å². The van der Waals surface area contributed by atoms with Crippen molar-refractivity contribution >= 4 is 33.4 Å². The first-order valence-corrected chi connectivity index (χ1v) is 6.32. The number of halogens is 2. The van der Waals surface area contributed by atoms with Crippen LogP contribution in [0.3, 0.4) is 0 Å². The number of rotatable bonds is 3. The molecule has 92 valence electrons. The molecule has 4 nitrogen and oxygen atoms in total. The third-order valence-corrected chi connectivity index (χ3v) is 3.49. The smallest absolute Gasteiger partial charge is 0.251 e. The third-order valence-electron chi connectivity index (χ3n) is 2.26. The van der Waals surface area contributed by atoms with E-state index in [2.05, 4.69) is 31.2 Å². The van der Waals surface area contributed by atoms with Crippen molar-refractivity contribution in [2.75, 3.05) is 0 Å². The maximum Gasteiger partial charge on any atom is 0.251 e. The fourth-order valence-electron chi connectivity index (χ4n) is 1.33. The molecule has 0 radical (unpaired) electrons. The number of carbonyl (C=O) groups is 1. The monoisotopic (exact) mass is 325 g/mol. The summed E-state index contributed by atoms with van der Waals surface area (Å²) in [7, 11) is 0. The Morgan fingerprint density at radius 1 is 1.39 bits per heavy atom. The summed E-state index contributed by atoms with van der Waals surface area (Å²) in [5, 5.41) is 3.26. The first kappa shape index (κ1) is 13.0. The van der Waals surface area contributed by atoms with Gasteiger partial charge in [-0.3, -0.25) is 4.79 Å². The van der Waals surface area contributed by atoms with Crippen LogP contribution in [-0.4, -0.2) is 15.9 Å². The number of carbonyl (C=O) groups excluding carboxylic acids is 1. The van der Waals surface area contributed by atoms with Gasteiger partial charge in [-0.2, -0.15) is 0 Å². The van der Waals surface area contributed by atoms with Crippen molar-refractivity contribution in [2.24, 2.45) is 0 Å². The summed E-state index contributed by atoms with van der Waals surface area (Å²) in [6, 6.07) is 6.79. The van der Waals surface area contributed by atoms with E-state index in [-0.39, 0.29) is 5.91 Å². The molecule has 0 aliphatic carbocycles. The van der Waals surface area contributed by atoms with E-state index in [9.17, 15) is 4.79 Å². The van der Waals surface area contributed by atoms with Crippen molar-refractivity contribution in [2.45, 2.75) is 6.54 Å². The van der Waals surface area contributed by atoms with E-state index in [1.54, 1.807) is 30.5 Å². The van der Waals surface area contributed by atoms with Crippen LogP contribution in [0, 0.1) is 0 Å². The molecule has 0 bridgehead atoms. The Bertz CT molecular complexity index is 563. The molecule has 0 unspecified atom stereocenters. The zero-order valence-electron chi connectivity index (χ0n) is 9.23. The number of benzene rings is 1. The Hall–Kier alpha value is -1.46. The quantitative estimate of drug-likeness (QED) is 0.943. The SMILES string of the molecule is O=C(NCc1ccncn1)c1ccc(Br)c(Cl)c1. The van der Waals surface area contributed by atoms with E-state index in [0.29, 0.717) is 17.1 Å². The Labute approximate surface area is 118 Å². The van der Waals surface area contributed by atoms with E-state index in [1.807, 2.05) is 0 Å². The van der Waals surface area contributed by atoms with Gasteiger partial charge in [-0.05, 0) is 40.2 Å². The summed E-state index contributed by atoms with van der Waals surface area (Å²) in [5.41, 5.74) is 1.26. The number of hydrogen-bond donors (Lipinski definition) is 1.